The molecule has 0 saturated heterocycles. The standard InChI is InChI=1S/C14H13BrO/c1-9-3-4-12-8-13(14(15)10(2)16)6-5-11(12)7-9/h3-8,14H,1-2H3. The highest BCUT2D eigenvalue weighted by molar-refractivity contribution is 9.09. The van der Waals surface area contributed by atoms with Crippen molar-refractivity contribution in [1.82, 2.24) is 0 Å². The highest BCUT2D eigenvalue weighted by atomic mass is 79.9. The zero-order chi connectivity index (χ0) is 11.7. The molecule has 0 spiro atoms. The summed E-state index contributed by atoms with van der Waals surface area (Å²) >= 11 is 3.40. The molecule has 1 nitrogen and oxygen atoms in total. The van der Waals surface area contributed by atoms with E-state index in [1.165, 1.54) is 16.3 Å². The van der Waals surface area contributed by atoms with E-state index in [1.807, 2.05) is 6.07 Å². The molecule has 2 aromatic rings. The minimum atomic E-state index is -0.196. The van der Waals surface area contributed by atoms with Crippen LogP contribution in [0.25, 0.3) is 10.8 Å². The number of fused-ring (bicyclic) bond motifs is 1. The molecule has 0 aliphatic carbocycles. The number of alkyl halides is 1. The van der Waals surface area contributed by atoms with Crippen LogP contribution in [0.5, 0.6) is 0 Å². The summed E-state index contributed by atoms with van der Waals surface area (Å²) < 4.78 is 0. The second-order valence-electron chi connectivity index (χ2n) is 4.08. The lowest BCUT2D eigenvalue weighted by molar-refractivity contribution is -0.116. The Labute approximate surface area is 104 Å². The first-order chi connectivity index (χ1) is 7.58. The largest absolute Gasteiger partial charge is 0.298 e. The third-order valence-electron chi connectivity index (χ3n) is 2.67. The van der Waals surface area contributed by atoms with Crippen molar-refractivity contribution in [2.45, 2.75) is 18.7 Å². The summed E-state index contributed by atoms with van der Waals surface area (Å²) in [6.45, 7) is 3.68. The number of rotatable bonds is 2. The molecular formula is C14H13BrO. The quantitative estimate of drug-likeness (QED) is 0.753. The molecule has 0 aromatic heterocycles. The van der Waals surface area contributed by atoms with Gasteiger partial charge in [-0.3, -0.25) is 4.79 Å². The fourth-order valence-electron chi connectivity index (χ4n) is 1.78. The Bertz CT molecular complexity index is 545. The zero-order valence-corrected chi connectivity index (χ0v) is 10.9. The molecule has 2 heteroatoms. The van der Waals surface area contributed by atoms with E-state index in [1.54, 1.807) is 6.92 Å². The fraction of sp³-hybridized carbons (Fsp3) is 0.214. The third-order valence-corrected chi connectivity index (χ3v) is 3.84. The number of carbonyl (C=O) groups is 1. The van der Waals surface area contributed by atoms with E-state index in [9.17, 15) is 4.79 Å². The first kappa shape index (κ1) is 11.3. The number of benzene rings is 2. The number of ketones is 1. The van der Waals surface area contributed by atoms with Crippen LogP contribution in [0, 0.1) is 6.92 Å². The predicted molar refractivity (Wildman–Crippen MR) is 71.0 cm³/mol. The number of hydrogen-bond donors (Lipinski definition) is 0. The molecular weight excluding hydrogens is 264 g/mol. The topological polar surface area (TPSA) is 17.1 Å². The van der Waals surface area contributed by atoms with Crippen molar-refractivity contribution in [1.29, 1.82) is 0 Å². The maximum Gasteiger partial charge on any atom is 0.147 e. The lowest BCUT2D eigenvalue weighted by atomic mass is 10.0. The van der Waals surface area contributed by atoms with E-state index in [0.717, 1.165) is 5.56 Å². The Balaban J connectivity index is 2.52. The monoisotopic (exact) mass is 276 g/mol. The van der Waals surface area contributed by atoms with Crippen molar-refractivity contribution in [3.8, 4) is 0 Å². The lowest BCUT2D eigenvalue weighted by Gasteiger charge is -2.08. The van der Waals surface area contributed by atoms with Crippen molar-refractivity contribution in [2.24, 2.45) is 0 Å². The van der Waals surface area contributed by atoms with E-state index < -0.39 is 0 Å². The molecule has 0 fully saturated rings. The van der Waals surface area contributed by atoms with Gasteiger partial charge in [0.05, 0.1) is 4.83 Å². The van der Waals surface area contributed by atoms with Crippen LogP contribution in [0.4, 0.5) is 0 Å². The molecule has 0 saturated carbocycles. The van der Waals surface area contributed by atoms with Gasteiger partial charge in [-0.05, 0) is 36.2 Å². The van der Waals surface area contributed by atoms with Gasteiger partial charge in [0.2, 0.25) is 0 Å². The van der Waals surface area contributed by atoms with Crippen LogP contribution in [0.1, 0.15) is 22.9 Å². The van der Waals surface area contributed by atoms with Crippen LogP contribution in [0.3, 0.4) is 0 Å². The minimum Gasteiger partial charge on any atom is -0.298 e. The summed E-state index contributed by atoms with van der Waals surface area (Å²) in [5.74, 6) is 0.131. The van der Waals surface area contributed by atoms with Gasteiger partial charge in [-0.15, -0.1) is 0 Å². The SMILES string of the molecule is CC(=O)C(Br)c1ccc2cc(C)ccc2c1. The van der Waals surface area contributed by atoms with Gasteiger partial charge in [-0.1, -0.05) is 51.8 Å². The Morgan fingerprint density at radius 2 is 1.75 bits per heavy atom. The van der Waals surface area contributed by atoms with Crippen molar-refractivity contribution in [2.75, 3.05) is 0 Å². The van der Waals surface area contributed by atoms with Gasteiger partial charge in [-0.2, -0.15) is 0 Å². The molecule has 0 aliphatic heterocycles. The molecule has 0 N–H and O–H groups in total. The van der Waals surface area contributed by atoms with Crippen molar-refractivity contribution in [3.63, 3.8) is 0 Å². The van der Waals surface area contributed by atoms with Gasteiger partial charge >= 0.3 is 0 Å². The molecule has 82 valence electrons. The van der Waals surface area contributed by atoms with Gasteiger partial charge in [0.25, 0.3) is 0 Å². The first-order valence-corrected chi connectivity index (χ1v) is 6.14. The normalized spacial score (nSPS) is 12.7. The van der Waals surface area contributed by atoms with Crippen LogP contribution in [0.15, 0.2) is 36.4 Å². The van der Waals surface area contributed by atoms with E-state index in [2.05, 4.69) is 53.2 Å². The fourth-order valence-corrected chi connectivity index (χ4v) is 2.06. The molecule has 0 amide bonds. The minimum absolute atomic E-state index is 0.131. The molecule has 0 bridgehead atoms. The van der Waals surface area contributed by atoms with Crippen molar-refractivity contribution in [3.05, 3.63) is 47.5 Å². The molecule has 2 aromatic carbocycles. The number of aryl methyl sites for hydroxylation is 1. The van der Waals surface area contributed by atoms with Gasteiger partial charge in [0.1, 0.15) is 5.78 Å². The highest BCUT2D eigenvalue weighted by Gasteiger charge is 2.12. The maximum atomic E-state index is 11.3. The molecule has 0 heterocycles. The summed E-state index contributed by atoms with van der Waals surface area (Å²) in [5.41, 5.74) is 2.27. The first-order valence-electron chi connectivity index (χ1n) is 5.23. The van der Waals surface area contributed by atoms with E-state index >= 15 is 0 Å². The molecule has 0 aliphatic rings. The molecule has 1 unspecified atom stereocenters. The molecule has 2 rings (SSSR count). The Morgan fingerprint density at radius 1 is 1.12 bits per heavy atom. The van der Waals surface area contributed by atoms with Gasteiger partial charge in [0, 0.05) is 0 Å². The van der Waals surface area contributed by atoms with Crippen molar-refractivity contribution >= 4 is 32.5 Å². The lowest BCUT2D eigenvalue weighted by Crippen LogP contribution is -2.00. The molecule has 1 atom stereocenters. The van der Waals surface area contributed by atoms with Crippen LogP contribution < -0.4 is 0 Å². The average Bonchev–Trinajstić information content (AvgIpc) is 2.27. The Hall–Kier alpha value is -1.15. The zero-order valence-electron chi connectivity index (χ0n) is 9.33. The molecule has 16 heavy (non-hydrogen) atoms. The van der Waals surface area contributed by atoms with Crippen LogP contribution in [0.2, 0.25) is 0 Å². The van der Waals surface area contributed by atoms with Gasteiger partial charge in [-0.25, -0.2) is 0 Å². The third kappa shape index (κ3) is 2.17. The number of halogens is 1. The van der Waals surface area contributed by atoms with Crippen LogP contribution in [-0.2, 0) is 4.79 Å². The van der Waals surface area contributed by atoms with E-state index in [0.29, 0.717) is 0 Å². The average molecular weight is 277 g/mol. The number of hydrogen-bond acceptors (Lipinski definition) is 1. The van der Waals surface area contributed by atoms with Crippen molar-refractivity contribution < 1.29 is 4.79 Å². The van der Waals surface area contributed by atoms with Crippen LogP contribution >= 0.6 is 15.9 Å². The predicted octanol–water partition coefficient (Wildman–Crippen LogP) is 4.17. The second-order valence-corrected chi connectivity index (χ2v) is 5.00. The second kappa shape index (κ2) is 4.38. The number of Topliss-reactive ketones (excluding diaryl/α,β-unsaturated/α-hetero) is 1. The number of carbonyl (C=O) groups excluding carboxylic acids is 1. The van der Waals surface area contributed by atoms with Crippen LogP contribution in [-0.4, -0.2) is 5.78 Å². The smallest absolute Gasteiger partial charge is 0.147 e. The van der Waals surface area contributed by atoms with Gasteiger partial charge < -0.3 is 0 Å². The van der Waals surface area contributed by atoms with E-state index in [4.69, 9.17) is 0 Å². The maximum absolute atomic E-state index is 11.3. The summed E-state index contributed by atoms with van der Waals surface area (Å²) in [6.07, 6.45) is 0. The molecule has 0 radical (unpaired) electrons. The van der Waals surface area contributed by atoms with E-state index in [-0.39, 0.29) is 10.6 Å². The van der Waals surface area contributed by atoms with Gasteiger partial charge in [0.15, 0.2) is 0 Å². The summed E-state index contributed by atoms with van der Waals surface area (Å²) in [5, 5.41) is 2.39. The summed E-state index contributed by atoms with van der Waals surface area (Å²) in [4.78, 5) is 11.1. The Morgan fingerprint density at radius 3 is 2.44 bits per heavy atom. The Kier molecular flexibility index (Phi) is 3.10. The summed E-state index contributed by atoms with van der Waals surface area (Å²) in [7, 11) is 0. The highest BCUT2D eigenvalue weighted by Crippen LogP contribution is 2.27. The summed E-state index contributed by atoms with van der Waals surface area (Å²) in [6, 6.07) is 12.5.